The van der Waals surface area contributed by atoms with Gasteiger partial charge in [-0.2, -0.15) is 0 Å². The predicted molar refractivity (Wildman–Crippen MR) is 88.4 cm³/mol. The van der Waals surface area contributed by atoms with Crippen molar-refractivity contribution in [1.29, 1.82) is 0 Å². The largest absolute Gasteiger partial charge is 0.481 e. The monoisotopic (exact) mass is 341 g/mol. The Morgan fingerprint density at radius 2 is 2.05 bits per heavy atom. The molecule has 120 valence electrons. The van der Waals surface area contributed by atoms with E-state index >= 15 is 0 Å². The number of nitrogens with zero attached hydrogens (tertiary/aromatic N) is 1. The van der Waals surface area contributed by atoms with Crippen LogP contribution in [-0.2, 0) is 9.59 Å². The van der Waals surface area contributed by atoms with Crippen LogP contribution in [0.5, 0.6) is 0 Å². The summed E-state index contributed by atoms with van der Waals surface area (Å²) < 4.78 is 0. The minimum atomic E-state index is -0.831. The van der Waals surface area contributed by atoms with Crippen LogP contribution in [-0.4, -0.2) is 40.2 Å². The average molecular weight is 342 g/mol. The van der Waals surface area contributed by atoms with Gasteiger partial charge in [-0.05, 0) is 49.3 Å². The van der Waals surface area contributed by atoms with E-state index in [4.69, 9.17) is 16.7 Å². The number of carboxylic acid groups (broad SMARTS) is 1. The van der Waals surface area contributed by atoms with Crippen molar-refractivity contribution in [2.75, 3.05) is 12.3 Å². The van der Waals surface area contributed by atoms with Gasteiger partial charge >= 0.3 is 5.97 Å². The fourth-order valence-electron chi connectivity index (χ4n) is 2.67. The summed E-state index contributed by atoms with van der Waals surface area (Å²) >= 11 is 7.54. The number of benzene rings is 1. The Balaban J connectivity index is 1.71. The second-order valence-corrected chi connectivity index (χ2v) is 6.99. The number of carboxylic acids is 1. The molecule has 1 unspecified atom stereocenters. The molecule has 1 atom stereocenters. The Hall–Kier alpha value is -1.20. The molecular weight excluding hydrogens is 322 g/mol. The molecular formula is C16H20ClNO3S. The van der Waals surface area contributed by atoms with Crippen LogP contribution in [0, 0.1) is 0 Å². The molecule has 0 aliphatic carbocycles. The number of amides is 1. The minimum absolute atomic E-state index is 0.0608. The molecule has 0 bridgehead atoms. The van der Waals surface area contributed by atoms with Gasteiger partial charge in [-0.15, -0.1) is 11.8 Å². The molecule has 1 saturated heterocycles. The number of carbonyl (C=O) groups excluding carboxylic acids is 1. The maximum Gasteiger partial charge on any atom is 0.305 e. The van der Waals surface area contributed by atoms with Gasteiger partial charge in [0, 0.05) is 28.9 Å². The summed E-state index contributed by atoms with van der Waals surface area (Å²) in [4.78, 5) is 25.9. The van der Waals surface area contributed by atoms with E-state index in [1.54, 1.807) is 16.7 Å². The van der Waals surface area contributed by atoms with Gasteiger partial charge in [-0.1, -0.05) is 11.6 Å². The zero-order valence-electron chi connectivity index (χ0n) is 12.3. The Morgan fingerprint density at radius 3 is 2.73 bits per heavy atom. The lowest BCUT2D eigenvalue weighted by molar-refractivity contribution is -0.139. The first kappa shape index (κ1) is 17.2. The van der Waals surface area contributed by atoms with Crippen molar-refractivity contribution < 1.29 is 14.7 Å². The van der Waals surface area contributed by atoms with Gasteiger partial charge in [-0.3, -0.25) is 9.59 Å². The summed E-state index contributed by atoms with van der Waals surface area (Å²) in [6, 6.07) is 7.54. The summed E-state index contributed by atoms with van der Waals surface area (Å²) in [6.45, 7) is 0.696. The van der Waals surface area contributed by atoms with Crippen LogP contribution in [0.3, 0.4) is 0 Å². The van der Waals surface area contributed by atoms with E-state index in [0.717, 1.165) is 34.9 Å². The summed E-state index contributed by atoms with van der Waals surface area (Å²) in [6.07, 6.45) is 3.05. The average Bonchev–Trinajstić information content (AvgIpc) is 2.92. The highest BCUT2D eigenvalue weighted by atomic mass is 35.5. The van der Waals surface area contributed by atoms with Crippen LogP contribution in [0.2, 0.25) is 5.02 Å². The molecule has 1 aromatic carbocycles. The third-order valence-electron chi connectivity index (χ3n) is 3.73. The lowest BCUT2D eigenvalue weighted by Gasteiger charge is -2.23. The SMILES string of the molecule is O=C(O)CC1CCCN1C(=O)CCCSc1ccc(Cl)cc1. The van der Waals surface area contributed by atoms with Gasteiger partial charge in [0.25, 0.3) is 0 Å². The van der Waals surface area contributed by atoms with Gasteiger partial charge in [-0.25, -0.2) is 0 Å². The normalized spacial score (nSPS) is 17.7. The molecule has 1 aliphatic rings. The number of halogens is 1. The van der Waals surface area contributed by atoms with Crippen LogP contribution in [0.25, 0.3) is 0 Å². The van der Waals surface area contributed by atoms with Gasteiger partial charge < -0.3 is 10.0 Å². The molecule has 0 saturated carbocycles. The van der Waals surface area contributed by atoms with E-state index in [1.807, 2.05) is 24.3 Å². The van der Waals surface area contributed by atoms with Gasteiger partial charge in [0.15, 0.2) is 0 Å². The van der Waals surface area contributed by atoms with Gasteiger partial charge in [0.05, 0.1) is 6.42 Å². The molecule has 4 nitrogen and oxygen atoms in total. The van der Waals surface area contributed by atoms with Crippen LogP contribution in [0.15, 0.2) is 29.2 Å². The molecule has 1 amide bonds. The highest BCUT2D eigenvalue weighted by Crippen LogP contribution is 2.24. The first-order valence-corrected chi connectivity index (χ1v) is 8.82. The van der Waals surface area contributed by atoms with Crippen LogP contribution in [0.1, 0.15) is 32.1 Å². The number of aliphatic carboxylic acids is 1. The fraction of sp³-hybridized carbons (Fsp3) is 0.500. The second kappa shape index (κ2) is 8.44. The van der Waals surface area contributed by atoms with Crippen molar-refractivity contribution in [3.8, 4) is 0 Å². The number of carbonyl (C=O) groups is 2. The maximum atomic E-state index is 12.2. The van der Waals surface area contributed by atoms with E-state index < -0.39 is 5.97 Å². The van der Waals surface area contributed by atoms with E-state index in [1.165, 1.54) is 0 Å². The van der Waals surface area contributed by atoms with Crippen molar-refractivity contribution in [3.63, 3.8) is 0 Å². The third kappa shape index (κ3) is 5.21. The van der Waals surface area contributed by atoms with Crippen molar-refractivity contribution in [2.24, 2.45) is 0 Å². The first-order valence-electron chi connectivity index (χ1n) is 7.46. The molecule has 1 aromatic rings. The number of hydrogen-bond acceptors (Lipinski definition) is 3. The topological polar surface area (TPSA) is 57.6 Å². The Bertz CT molecular complexity index is 521. The van der Waals surface area contributed by atoms with Crippen LogP contribution < -0.4 is 0 Å². The van der Waals surface area contributed by atoms with E-state index in [-0.39, 0.29) is 18.4 Å². The zero-order chi connectivity index (χ0) is 15.9. The summed E-state index contributed by atoms with van der Waals surface area (Å²) in [5.74, 6) is 0.119. The molecule has 1 heterocycles. The van der Waals surface area contributed by atoms with E-state index in [0.29, 0.717) is 13.0 Å². The predicted octanol–water partition coefficient (Wildman–Crippen LogP) is 3.68. The lowest BCUT2D eigenvalue weighted by Crippen LogP contribution is -2.36. The number of hydrogen-bond donors (Lipinski definition) is 1. The molecule has 6 heteroatoms. The summed E-state index contributed by atoms with van der Waals surface area (Å²) in [5, 5.41) is 9.60. The first-order chi connectivity index (χ1) is 10.6. The van der Waals surface area contributed by atoms with Gasteiger partial charge in [0.2, 0.25) is 5.91 Å². The molecule has 1 fully saturated rings. The molecule has 1 N–H and O–H groups in total. The zero-order valence-corrected chi connectivity index (χ0v) is 13.9. The molecule has 0 radical (unpaired) electrons. The third-order valence-corrected chi connectivity index (χ3v) is 5.08. The van der Waals surface area contributed by atoms with E-state index in [2.05, 4.69) is 0 Å². The minimum Gasteiger partial charge on any atom is -0.481 e. The highest BCUT2D eigenvalue weighted by molar-refractivity contribution is 7.99. The molecule has 22 heavy (non-hydrogen) atoms. The molecule has 1 aliphatic heterocycles. The Kier molecular flexibility index (Phi) is 6.58. The van der Waals surface area contributed by atoms with Crippen molar-refractivity contribution in [2.45, 2.75) is 43.0 Å². The standard InChI is InChI=1S/C16H20ClNO3S/c17-12-5-7-14(8-6-12)22-10-2-4-15(19)18-9-1-3-13(18)11-16(20)21/h5-8,13H,1-4,9-11H2,(H,20,21). The fourth-order valence-corrected chi connectivity index (χ4v) is 3.64. The quantitative estimate of drug-likeness (QED) is 0.607. The Morgan fingerprint density at radius 1 is 1.32 bits per heavy atom. The van der Waals surface area contributed by atoms with Crippen molar-refractivity contribution in [1.82, 2.24) is 4.90 Å². The van der Waals surface area contributed by atoms with Gasteiger partial charge in [0.1, 0.15) is 0 Å². The summed E-state index contributed by atoms with van der Waals surface area (Å²) in [7, 11) is 0. The molecule has 0 spiro atoms. The van der Waals surface area contributed by atoms with Crippen LogP contribution in [0.4, 0.5) is 0 Å². The lowest BCUT2D eigenvalue weighted by atomic mass is 10.1. The molecule has 2 rings (SSSR count). The summed E-state index contributed by atoms with van der Waals surface area (Å²) in [5.41, 5.74) is 0. The van der Waals surface area contributed by atoms with Crippen molar-refractivity contribution in [3.05, 3.63) is 29.3 Å². The smallest absolute Gasteiger partial charge is 0.305 e. The number of likely N-dealkylation sites (tertiary alicyclic amines) is 1. The molecule has 0 aromatic heterocycles. The van der Waals surface area contributed by atoms with E-state index in [9.17, 15) is 9.59 Å². The highest BCUT2D eigenvalue weighted by Gasteiger charge is 2.29. The maximum absolute atomic E-state index is 12.2. The van der Waals surface area contributed by atoms with Crippen LogP contribution >= 0.6 is 23.4 Å². The second-order valence-electron chi connectivity index (χ2n) is 5.39. The Labute approximate surface area is 139 Å². The number of thioether (sulfide) groups is 1. The van der Waals surface area contributed by atoms with Crippen molar-refractivity contribution >= 4 is 35.2 Å². The number of rotatable bonds is 7.